The molecule has 2 aromatic carbocycles. The molecule has 0 saturated heterocycles. The second kappa shape index (κ2) is 4.72. The van der Waals surface area contributed by atoms with Crippen LogP contribution in [0.2, 0.25) is 0 Å². The van der Waals surface area contributed by atoms with Gasteiger partial charge in [-0.3, -0.25) is 4.57 Å². The molecule has 0 spiro atoms. The molecular weight excluding hydrogens is 374 g/mol. The Morgan fingerprint density at radius 2 is 2.00 bits per heavy atom. The molecule has 19 heavy (non-hydrogen) atoms. The topological polar surface area (TPSA) is 20.7 Å². The first kappa shape index (κ1) is 12.8. The van der Waals surface area contributed by atoms with Gasteiger partial charge in [-0.15, -0.1) is 0 Å². The lowest BCUT2D eigenvalue weighted by Crippen LogP contribution is -1.95. The predicted octanol–water partition coefficient (Wildman–Crippen LogP) is 4.74. The standard InChI is InChI=1S/C14H10FIN2S/c1-8-4-9(15)6-11(5-8)18-13-3-2-10(16)7-12(13)17-14(18)19/h2-7H,1H3,(H,17,19). The molecule has 3 aromatic rings. The van der Waals surface area contributed by atoms with Crippen LogP contribution in [0.25, 0.3) is 16.7 Å². The molecule has 5 heteroatoms. The molecule has 1 heterocycles. The number of benzene rings is 2. The molecule has 3 rings (SSSR count). The molecule has 0 fully saturated rings. The van der Waals surface area contributed by atoms with Gasteiger partial charge in [0.15, 0.2) is 4.77 Å². The third-order valence-corrected chi connectivity index (χ3v) is 3.88. The number of aryl methyl sites for hydroxylation is 1. The van der Waals surface area contributed by atoms with Crippen LogP contribution in [0.1, 0.15) is 5.56 Å². The summed E-state index contributed by atoms with van der Waals surface area (Å²) in [4.78, 5) is 3.16. The Morgan fingerprint density at radius 1 is 1.21 bits per heavy atom. The second-order valence-electron chi connectivity index (χ2n) is 4.41. The molecule has 0 bridgehead atoms. The normalized spacial score (nSPS) is 11.1. The minimum Gasteiger partial charge on any atom is -0.330 e. The molecule has 0 radical (unpaired) electrons. The molecule has 0 amide bonds. The predicted molar refractivity (Wildman–Crippen MR) is 85.9 cm³/mol. The number of imidazole rings is 1. The number of rotatable bonds is 1. The summed E-state index contributed by atoms with van der Waals surface area (Å²) in [7, 11) is 0. The summed E-state index contributed by atoms with van der Waals surface area (Å²) in [6.45, 7) is 1.87. The zero-order valence-corrected chi connectivity index (χ0v) is 13.0. The first-order chi connectivity index (χ1) is 9.04. The highest BCUT2D eigenvalue weighted by Crippen LogP contribution is 2.22. The average Bonchev–Trinajstić information content (AvgIpc) is 2.62. The molecule has 0 atom stereocenters. The van der Waals surface area contributed by atoms with Crippen LogP contribution in [0.4, 0.5) is 4.39 Å². The van der Waals surface area contributed by atoms with Crippen molar-refractivity contribution in [3.8, 4) is 5.69 Å². The lowest BCUT2D eigenvalue weighted by Gasteiger charge is -2.06. The van der Waals surface area contributed by atoms with Crippen LogP contribution in [0.3, 0.4) is 0 Å². The van der Waals surface area contributed by atoms with Crippen LogP contribution in [0.5, 0.6) is 0 Å². The Balaban J connectivity index is 2.36. The van der Waals surface area contributed by atoms with Crippen molar-refractivity contribution in [2.75, 3.05) is 0 Å². The van der Waals surface area contributed by atoms with Crippen molar-refractivity contribution in [2.24, 2.45) is 0 Å². The van der Waals surface area contributed by atoms with E-state index in [1.807, 2.05) is 35.8 Å². The first-order valence-corrected chi connectivity index (χ1v) is 7.21. The number of nitrogens with one attached hydrogen (secondary N) is 1. The van der Waals surface area contributed by atoms with Gasteiger partial charge in [-0.1, -0.05) is 0 Å². The van der Waals surface area contributed by atoms with Gasteiger partial charge in [0.25, 0.3) is 0 Å². The van der Waals surface area contributed by atoms with Gasteiger partial charge < -0.3 is 4.98 Å². The Kier molecular flexibility index (Phi) is 3.18. The van der Waals surface area contributed by atoms with E-state index in [4.69, 9.17) is 12.2 Å². The highest BCUT2D eigenvalue weighted by Gasteiger charge is 2.08. The van der Waals surface area contributed by atoms with E-state index in [0.717, 1.165) is 25.9 Å². The number of fused-ring (bicyclic) bond motifs is 1. The van der Waals surface area contributed by atoms with Gasteiger partial charge in [-0.05, 0) is 83.7 Å². The number of aromatic amines is 1. The number of H-pyrrole nitrogens is 1. The van der Waals surface area contributed by atoms with Crippen LogP contribution in [0, 0.1) is 21.1 Å². The van der Waals surface area contributed by atoms with E-state index in [9.17, 15) is 4.39 Å². The summed E-state index contributed by atoms with van der Waals surface area (Å²) >= 11 is 7.60. The van der Waals surface area contributed by atoms with E-state index in [2.05, 4.69) is 27.6 Å². The summed E-state index contributed by atoms with van der Waals surface area (Å²) in [5.41, 5.74) is 3.53. The van der Waals surface area contributed by atoms with Gasteiger partial charge >= 0.3 is 0 Å². The highest BCUT2D eigenvalue weighted by atomic mass is 127. The Bertz CT molecular complexity index is 815. The van der Waals surface area contributed by atoms with E-state index in [-0.39, 0.29) is 5.82 Å². The second-order valence-corrected chi connectivity index (χ2v) is 6.05. The van der Waals surface area contributed by atoms with E-state index in [1.165, 1.54) is 12.1 Å². The van der Waals surface area contributed by atoms with Gasteiger partial charge in [0, 0.05) is 3.57 Å². The largest absolute Gasteiger partial charge is 0.330 e. The molecule has 0 unspecified atom stereocenters. The van der Waals surface area contributed by atoms with Crippen LogP contribution < -0.4 is 0 Å². The molecule has 2 nitrogen and oxygen atoms in total. The Morgan fingerprint density at radius 3 is 2.74 bits per heavy atom. The maximum atomic E-state index is 13.6. The van der Waals surface area contributed by atoms with Crippen molar-refractivity contribution in [3.63, 3.8) is 0 Å². The average molecular weight is 384 g/mol. The fraction of sp³-hybridized carbons (Fsp3) is 0.0714. The molecular formula is C14H10FIN2S. The molecule has 1 N–H and O–H groups in total. The maximum absolute atomic E-state index is 13.6. The van der Waals surface area contributed by atoms with E-state index in [1.54, 1.807) is 0 Å². The van der Waals surface area contributed by atoms with Gasteiger partial charge in [0.05, 0.1) is 16.7 Å². The summed E-state index contributed by atoms with van der Waals surface area (Å²) in [6, 6.07) is 10.9. The SMILES string of the molecule is Cc1cc(F)cc(-n2c(=S)[nH]c3cc(I)ccc32)c1. The number of nitrogens with zero attached hydrogens (tertiary/aromatic N) is 1. The van der Waals surface area contributed by atoms with Gasteiger partial charge in [0.1, 0.15) is 5.82 Å². The number of hydrogen-bond donors (Lipinski definition) is 1. The summed E-state index contributed by atoms with van der Waals surface area (Å²) in [5.74, 6) is -0.253. The van der Waals surface area contributed by atoms with E-state index < -0.39 is 0 Å². The lowest BCUT2D eigenvalue weighted by molar-refractivity contribution is 0.625. The maximum Gasteiger partial charge on any atom is 0.182 e. The molecule has 1 aromatic heterocycles. The summed E-state index contributed by atoms with van der Waals surface area (Å²) in [5, 5.41) is 0. The Hall–Kier alpha value is -1.21. The number of halogens is 2. The minimum absolute atomic E-state index is 0.253. The van der Waals surface area contributed by atoms with Crippen molar-refractivity contribution >= 4 is 45.8 Å². The van der Waals surface area contributed by atoms with Crippen LogP contribution in [0.15, 0.2) is 36.4 Å². The summed E-state index contributed by atoms with van der Waals surface area (Å²) in [6.07, 6.45) is 0. The minimum atomic E-state index is -0.253. The highest BCUT2D eigenvalue weighted by molar-refractivity contribution is 14.1. The van der Waals surface area contributed by atoms with E-state index >= 15 is 0 Å². The fourth-order valence-electron chi connectivity index (χ4n) is 2.19. The Labute approximate surface area is 128 Å². The molecule has 96 valence electrons. The fourth-order valence-corrected chi connectivity index (χ4v) is 2.99. The smallest absolute Gasteiger partial charge is 0.182 e. The molecule has 0 aliphatic rings. The number of aromatic nitrogens is 2. The zero-order valence-electron chi connectivity index (χ0n) is 10.1. The third kappa shape index (κ3) is 2.32. The van der Waals surface area contributed by atoms with Crippen molar-refractivity contribution < 1.29 is 4.39 Å². The lowest BCUT2D eigenvalue weighted by atomic mass is 10.2. The van der Waals surface area contributed by atoms with Crippen molar-refractivity contribution in [1.82, 2.24) is 9.55 Å². The van der Waals surface area contributed by atoms with Crippen molar-refractivity contribution in [1.29, 1.82) is 0 Å². The van der Waals surface area contributed by atoms with Crippen molar-refractivity contribution in [3.05, 3.63) is 56.1 Å². The quantitative estimate of drug-likeness (QED) is 0.475. The van der Waals surface area contributed by atoms with Crippen LogP contribution in [-0.2, 0) is 0 Å². The molecule has 0 saturated carbocycles. The number of hydrogen-bond acceptors (Lipinski definition) is 1. The molecule has 0 aliphatic heterocycles. The zero-order chi connectivity index (χ0) is 13.6. The van der Waals surface area contributed by atoms with Gasteiger partial charge in [0.2, 0.25) is 0 Å². The van der Waals surface area contributed by atoms with Crippen LogP contribution >= 0.6 is 34.8 Å². The molecule has 0 aliphatic carbocycles. The van der Waals surface area contributed by atoms with Gasteiger partial charge in [-0.2, -0.15) is 0 Å². The van der Waals surface area contributed by atoms with Crippen molar-refractivity contribution in [2.45, 2.75) is 6.92 Å². The van der Waals surface area contributed by atoms with Crippen LogP contribution in [-0.4, -0.2) is 9.55 Å². The summed E-state index contributed by atoms with van der Waals surface area (Å²) < 4.78 is 17.1. The first-order valence-electron chi connectivity index (χ1n) is 5.72. The van der Waals surface area contributed by atoms with Gasteiger partial charge in [-0.25, -0.2) is 4.39 Å². The third-order valence-electron chi connectivity index (χ3n) is 2.93. The van der Waals surface area contributed by atoms with E-state index in [0.29, 0.717) is 4.77 Å². The monoisotopic (exact) mass is 384 g/mol.